The van der Waals surface area contributed by atoms with Crippen LogP contribution in [0, 0.1) is 29.1 Å². The number of rotatable bonds is 5. The summed E-state index contributed by atoms with van der Waals surface area (Å²) in [7, 11) is 0. The fraction of sp³-hybridized carbons (Fsp3) is 0.412. The van der Waals surface area contributed by atoms with Gasteiger partial charge in [-0.05, 0) is 0 Å². The molecule has 1 aromatic rings. The van der Waals surface area contributed by atoms with E-state index in [1.54, 1.807) is 0 Å². The third kappa shape index (κ3) is 3.44. The Morgan fingerprint density at radius 1 is 0.474 bits per heavy atom. The van der Waals surface area contributed by atoms with Gasteiger partial charge in [-0.15, -0.1) is 0 Å². The first kappa shape index (κ1) is 31.4. The second kappa shape index (κ2) is 8.62. The van der Waals surface area contributed by atoms with Crippen LogP contribution >= 0.6 is 0 Å². The monoisotopic (exact) mass is 604 g/mol. The highest BCUT2D eigenvalue weighted by Crippen LogP contribution is 2.67. The van der Waals surface area contributed by atoms with Crippen LogP contribution in [0.3, 0.4) is 0 Å². The summed E-state index contributed by atoms with van der Waals surface area (Å²) in [6, 6.07) is 0. The lowest BCUT2D eigenvalue weighted by molar-refractivity contribution is -0.429. The van der Waals surface area contributed by atoms with Crippen molar-refractivity contribution in [1.82, 2.24) is 0 Å². The van der Waals surface area contributed by atoms with E-state index < -0.39 is 99.4 Å². The van der Waals surface area contributed by atoms with E-state index in [-0.39, 0.29) is 0 Å². The number of benzene rings is 1. The van der Waals surface area contributed by atoms with Crippen molar-refractivity contribution < 1.29 is 92.2 Å². The van der Waals surface area contributed by atoms with Gasteiger partial charge in [0.05, 0.1) is 5.56 Å². The normalized spacial score (nSPS) is 22.5. The number of hydrogen-bond donors (Lipinski definition) is 0. The van der Waals surface area contributed by atoms with E-state index in [2.05, 4.69) is 0 Å². The molecular formula is C17HF21. The Morgan fingerprint density at radius 3 is 1.21 bits per heavy atom. The quantitative estimate of drug-likeness (QED) is 0.180. The van der Waals surface area contributed by atoms with Gasteiger partial charge in [0.25, 0.3) is 0 Å². The molecule has 2 atom stereocenters. The summed E-state index contributed by atoms with van der Waals surface area (Å²) < 4.78 is 288. The molecule has 0 saturated heterocycles. The molecule has 0 aromatic heterocycles. The van der Waals surface area contributed by atoms with Crippen molar-refractivity contribution in [2.75, 3.05) is 0 Å². The van der Waals surface area contributed by atoms with Crippen LogP contribution in [0.25, 0.3) is 0 Å². The van der Waals surface area contributed by atoms with E-state index in [1.165, 1.54) is 0 Å². The Bertz CT molecular complexity index is 1190. The third-order valence-electron chi connectivity index (χ3n) is 5.18. The maximum atomic E-state index is 14.9. The van der Waals surface area contributed by atoms with Crippen molar-refractivity contribution in [2.45, 2.75) is 41.5 Å². The summed E-state index contributed by atoms with van der Waals surface area (Å²) in [5.41, 5.74) is -11.3. The zero-order valence-corrected chi connectivity index (χ0v) is 16.5. The van der Waals surface area contributed by atoms with Gasteiger partial charge in [-0.1, -0.05) is 0 Å². The van der Waals surface area contributed by atoms with Gasteiger partial charge in [-0.3, -0.25) is 0 Å². The second-order valence-corrected chi connectivity index (χ2v) is 7.20. The van der Waals surface area contributed by atoms with E-state index in [4.69, 9.17) is 0 Å². The Hall–Kier alpha value is -2.77. The van der Waals surface area contributed by atoms with Gasteiger partial charge in [0.1, 0.15) is 0 Å². The molecular weight excluding hydrogens is 603 g/mol. The molecule has 0 heterocycles. The van der Waals surface area contributed by atoms with Crippen LogP contribution in [0.5, 0.6) is 0 Å². The number of allylic oxidation sites excluding steroid dienone is 4. The molecule has 0 bridgehead atoms. The highest BCUT2D eigenvalue weighted by molar-refractivity contribution is 5.52. The summed E-state index contributed by atoms with van der Waals surface area (Å²) in [5.74, 6) is -69.8. The SMILES string of the molecule is FC1=C(F)C(F)C(c2c(F)c(F)c(F)c(F)c2F)(C(F)(F)C(F)(F)C(F)(F)C(F)(F)C(F)(F)F)C(F)=C1F. The van der Waals surface area contributed by atoms with Crippen molar-refractivity contribution in [1.29, 1.82) is 0 Å². The van der Waals surface area contributed by atoms with Crippen molar-refractivity contribution in [3.63, 3.8) is 0 Å². The summed E-state index contributed by atoms with van der Waals surface area (Å²) in [5, 5.41) is 0. The zero-order chi connectivity index (χ0) is 30.4. The number of halogens is 21. The van der Waals surface area contributed by atoms with Gasteiger partial charge in [0, 0.05) is 0 Å². The minimum atomic E-state index is -8.75. The van der Waals surface area contributed by atoms with E-state index in [0.717, 1.165) is 0 Å². The van der Waals surface area contributed by atoms with Crippen molar-refractivity contribution in [3.05, 3.63) is 58.0 Å². The predicted molar refractivity (Wildman–Crippen MR) is 77.1 cm³/mol. The summed E-state index contributed by atoms with van der Waals surface area (Å²) >= 11 is 0. The Balaban J connectivity index is 3.27. The van der Waals surface area contributed by atoms with Crippen molar-refractivity contribution in [2.24, 2.45) is 0 Å². The van der Waals surface area contributed by atoms with Gasteiger partial charge in [-0.2, -0.15) is 48.3 Å². The van der Waals surface area contributed by atoms with Gasteiger partial charge in [-0.25, -0.2) is 43.9 Å². The van der Waals surface area contributed by atoms with E-state index >= 15 is 0 Å². The van der Waals surface area contributed by atoms with Gasteiger partial charge in [0.15, 0.2) is 58.2 Å². The molecule has 2 rings (SSSR count). The highest BCUT2D eigenvalue weighted by Gasteiger charge is 2.92. The van der Waals surface area contributed by atoms with E-state index in [0.29, 0.717) is 0 Å². The second-order valence-electron chi connectivity index (χ2n) is 7.20. The van der Waals surface area contributed by atoms with Crippen LogP contribution in [-0.4, -0.2) is 36.0 Å². The van der Waals surface area contributed by atoms with Gasteiger partial charge >= 0.3 is 29.9 Å². The fourth-order valence-corrected chi connectivity index (χ4v) is 3.25. The summed E-state index contributed by atoms with van der Waals surface area (Å²) in [6.07, 6.45) is -13.7. The lowest BCUT2D eigenvalue weighted by Crippen LogP contribution is -2.73. The standard InChI is InChI=1S/C17HF21/c18-2-1(3(19)5(21)6(22)4(2)20)12(10(26)8(24)7(23)9(25)11(12)27)13(28,29)14(30,31)15(32,33)16(34,35)17(36,37)38/h10H. The number of alkyl halides is 12. The molecule has 0 nitrogen and oxygen atoms in total. The molecule has 0 amide bonds. The van der Waals surface area contributed by atoms with Crippen LogP contribution in [-0.2, 0) is 5.41 Å². The molecule has 38 heavy (non-hydrogen) atoms. The van der Waals surface area contributed by atoms with Gasteiger partial charge < -0.3 is 0 Å². The summed E-state index contributed by atoms with van der Waals surface area (Å²) in [4.78, 5) is 0. The zero-order valence-electron chi connectivity index (χ0n) is 16.5. The first-order chi connectivity index (χ1) is 16.7. The van der Waals surface area contributed by atoms with Gasteiger partial charge in [0.2, 0.25) is 5.82 Å². The minimum Gasteiger partial charge on any atom is -0.238 e. The van der Waals surface area contributed by atoms with Crippen LogP contribution in [0.1, 0.15) is 5.56 Å². The Labute approximate surface area is 193 Å². The van der Waals surface area contributed by atoms with E-state index in [1.807, 2.05) is 0 Å². The lowest BCUT2D eigenvalue weighted by Gasteiger charge is -2.47. The fourth-order valence-electron chi connectivity index (χ4n) is 3.25. The van der Waals surface area contributed by atoms with Crippen LogP contribution < -0.4 is 0 Å². The first-order valence-corrected chi connectivity index (χ1v) is 8.58. The largest absolute Gasteiger partial charge is 0.460 e. The molecule has 216 valence electrons. The number of hydrogen-bond acceptors (Lipinski definition) is 0. The maximum absolute atomic E-state index is 14.9. The Kier molecular flexibility index (Phi) is 7.13. The van der Waals surface area contributed by atoms with Crippen molar-refractivity contribution >= 4 is 0 Å². The first-order valence-electron chi connectivity index (χ1n) is 8.58. The molecule has 0 spiro atoms. The molecule has 0 saturated carbocycles. The van der Waals surface area contributed by atoms with E-state index in [9.17, 15) is 92.2 Å². The molecule has 0 radical (unpaired) electrons. The molecule has 0 N–H and O–H groups in total. The maximum Gasteiger partial charge on any atom is 0.460 e. The summed E-state index contributed by atoms with van der Waals surface area (Å²) in [6.45, 7) is 0. The lowest BCUT2D eigenvalue weighted by atomic mass is 9.64. The highest BCUT2D eigenvalue weighted by atomic mass is 19.4. The average molecular weight is 604 g/mol. The average Bonchev–Trinajstić information content (AvgIpc) is 2.79. The molecule has 1 aliphatic rings. The molecule has 21 heteroatoms. The Morgan fingerprint density at radius 2 is 0.842 bits per heavy atom. The topological polar surface area (TPSA) is 0 Å². The van der Waals surface area contributed by atoms with Crippen LogP contribution in [0.2, 0.25) is 0 Å². The molecule has 0 aliphatic heterocycles. The predicted octanol–water partition coefficient (Wildman–Crippen LogP) is 8.38. The van der Waals surface area contributed by atoms with Crippen LogP contribution in [0.15, 0.2) is 23.3 Å². The van der Waals surface area contributed by atoms with Crippen LogP contribution in [0.4, 0.5) is 92.2 Å². The smallest absolute Gasteiger partial charge is 0.238 e. The minimum absolute atomic E-state index is 3.49. The molecule has 0 fully saturated rings. The third-order valence-corrected chi connectivity index (χ3v) is 5.18. The van der Waals surface area contributed by atoms with Crippen molar-refractivity contribution in [3.8, 4) is 0 Å². The molecule has 1 aromatic carbocycles. The molecule has 2 unspecified atom stereocenters. The molecule has 1 aliphatic carbocycles.